The molecule has 9 heteroatoms. The summed E-state index contributed by atoms with van der Waals surface area (Å²) < 4.78 is 53.8. The van der Waals surface area contributed by atoms with Crippen LogP contribution in [0, 0.1) is 11.8 Å². The van der Waals surface area contributed by atoms with Crippen molar-refractivity contribution in [1.82, 2.24) is 9.97 Å². The Balaban J connectivity index is 2.04. The highest BCUT2D eigenvalue weighted by atomic mass is 35.5. The van der Waals surface area contributed by atoms with Crippen LogP contribution >= 0.6 is 11.6 Å². The van der Waals surface area contributed by atoms with Crippen LogP contribution in [0.2, 0.25) is 5.02 Å². The van der Waals surface area contributed by atoms with E-state index in [1.165, 1.54) is 42.5 Å². The lowest BCUT2D eigenvalue weighted by Gasteiger charge is -2.11. The summed E-state index contributed by atoms with van der Waals surface area (Å²) in [5.74, 6) is -1.53. The highest BCUT2D eigenvalue weighted by Crippen LogP contribution is 2.31. The number of halogens is 3. The SMILES string of the molecule is C=Cc1ccc(F)cc1-c1nc(NS(=O)(=O)c2cccc(F)n2)ccc1Cl. The first-order valence-electron chi connectivity index (χ1n) is 7.54. The summed E-state index contributed by atoms with van der Waals surface area (Å²) in [5, 5.41) is -0.311. The number of benzene rings is 1. The minimum Gasteiger partial charge on any atom is -0.262 e. The fourth-order valence-corrected chi connectivity index (χ4v) is 3.49. The van der Waals surface area contributed by atoms with Crippen molar-refractivity contribution in [3.05, 3.63) is 77.5 Å². The molecule has 2 aromatic heterocycles. The summed E-state index contributed by atoms with van der Waals surface area (Å²) in [6, 6.07) is 10.1. The van der Waals surface area contributed by atoms with Gasteiger partial charge in [0.25, 0.3) is 10.0 Å². The number of hydrogen-bond acceptors (Lipinski definition) is 4. The van der Waals surface area contributed by atoms with Crippen LogP contribution in [0.4, 0.5) is 14.6 Å². The number of sulfonamides is 1. The minimum atomic E-state index is -4.17. The fraction of sp³-hybridized carbons (Fsp3) is 0. The molecule has 2 heterocycles. The lowest BCUT2D eigenvalue weighted by molar-refractivity contribution is 0.558. The van der Waals surface area contributed by atoms with Crippen molar-refractivity contribution in [3.63, 3.8) is 0 Å². The van der Waals surface area contributed by atoms with Gasteiger partial charge >= 0.3 is 0 Å². The maximum atomic E-state index is 13.7. The van der Waals surface area contributed by atoms with Crippen LogP contribution in [0.3, 0.4) is 0 Å². The Morgan fingerprint density at radius 1 is 1.07 bits per heavy atom. The average Bonchev–Trinajstić information content (AvgIpc) is 2.63. The molecule has 0 fully saturated rings. The van der Waals surface area contributed by atoms with Crippen LogP contribution in [-0.4, -0.2) is 18.4 Å². The summed E-state index contributed by atoms with van der Waals surface area (Å²) in [4.78, 5) is 7.51. The Labute approximate surface area is 159 Å². The zero-order chi connectivity index (χ0) is 19.6. The van der Waals surface area contributed by atoms with E-state index in [0.717, 1.165) is 12.1 Å². The second-order valence-electron chi connectivity index (χ2n) is 5.37. The number of rotatable bonds is 5. The topological polar surface area (TPSA) is 72.0 Å². The average molecular weight is 408 g/mol. The number of aromatic nitrogens is 2. The van der Waals surface area contributed by atoms with Gasteiger partial charge in [-0.1, -0.05) is 36.4 Å². The molecule has 0 amide bonds. The van der Waals surface area contributed by atoms with Crippen LogP contribution in [0.15, 0.2) is 60.1 Å². The van der Waals surface area contributed by atoms with Gasteiger partial charge in [-0.15, -0.1) is 0 Å². The third-order valence-corrected chi connectivity index (χ3v) is 5.10. The molecule has 0 radical (unpaired) electrons. The Hall–Kier alpha value is -2.84. The molecule has 0 bridgehead atoms. The van der Waals surface area contributed by atoms with E-state index in [1.807, 2.05) is 0 Å². The van der Waals surface area contributed by atoms with E-state index in [0.29, 0.717) is 11.1 Å². The largest absolute Gasteiger partial charge is 0.280 e. The summed E-state index contributed by atoms with van der Waals surface area (Å²) in [6.45, 7) is 3.66. The first-order valence-corrected chi connectivity index (χ1v) is 9.40. The third kappa shape index (κ3) is 4.12. The Bertz CT molecular complexity index is 1140. The highest BCUT2D eigenvalue weighted by Gasteiger charge is 2.19. The second-order valence-corrected chi connectivity index (χ2v) is 7.40. The summed E-state index contributed by atoms with van der Waals surface area (Å²) in [7, 11) is -4.17. The maximum absolute atomic E-state index is 13.7. The molecular formula is C18H12ClF2N3O2S. The van der Waals surface area contributed by atoms with Gasteiger partial charge < -0.3 is 0 Å². The van der Waals surface area contributed by atoms with Gasteiger partial charge in [0.05, 0.1) is 10.7 Å². The molecule has 3 rings (SSSR count). The van der Waals surface area contributed by atoms with E-state index in [2.05, 4.69) is 21.3 Å². The van der Waals surface area contributed by atoms with Crippen LogP contribution < -0.4 is 4.72 Å². The van der Waals surface area contributed by atoms with Crippen molar-refractivity contribution < 1.29 is 17.2 Å². The lowest BCUT2D eigenvalue weighted by Crippen LogP contribution is -2.16. The zero-order valence-electron chi connectivity index (χ0n) is 13.7. The molecule has 138 valence electrons. The predicted molar refractivity (Wildman–Crippen MR) is 99.7 cm³/mol. The van der Waals surface area contributed by atoms with Gasteiger partial charge in [-0.2, -0.15) is 12.8 Å². The van der Waals surface area contributed by atoms with Crippen LogP contribution in [0.5, 0.6) is 0 Å². The van der Waals surface area contributed by atoms with Gasteiger partial charge in [-0.25, -0.2) is 14.4 Å². The Morgan fingerprint density at radius 2 is 1.85 bits per heavy atom. The van der Waals surface area contributed by atoms with Crippen molar-refractivity contribution >= 4 is 33.5 Å². The van der Waals surface area contributed by atoms with Crippen LogP contribution in [-0.2, 0) is 10.0 Å². The van der Waals surface area contributed by atoms with E-state index < -0.39 is 26.8 Å². The molecule has 1 aromatic carbocycles. The molecule has 0 aliphatic rings. The molecule has 0 atom stereocenters. The second kappa shape index (κ2) is 7.42. The molecule has 0 aliphatic heterocycles. The first kappa shape index (κ1) is 18.9. The maximum Gasteiger partial charge on any atom is 0.280 e. The van der Waals surface area contributed by atoms with E-state index in [4.69, 9.17) is 11.6 Å². The molecule has 0 spiro atoms. The molecular weight excluding hydrogens is 396 g/mol. The smallest absolute Gasteiger partial charge is 0.262 e. The molecule has 27 heavy (non-hydrogen) atoms. The lowest BCUT2D eigenvalue weighted by atomic mass is 10.0. The van der Waals surface area contributed by atoms with Gasteiger partial charge in [-0.3, -0.25) is 4.72 Å². The van der Waals surface area contributed by atoms with Crippen LogP contribution in [0.1, 0.15) is 5.56 Å². The first-order chi connectivity index (χ1) is 12.8. The van der Waals surface area contributed by atoms with E-state index in [9.17, 15) is 17.2 Å². The number of nitrogens with one attached hydrogen (secondary N) is 1. The highest BCUT2D eigenvalue weighted by molar-refractivity contribution is 7.92. The van der Waals surface area contributed by atoms with Crippen molar-refractivity contribution in [3.8, 4) is 11.3 Å². The molecule has 0 unspecified atom stereocenters. The van der Waals surface area contributed by atoms with Gasteiger partial charge in [0.15, 0.2) is 5.03 Å². The third-order valence-electron chi connectivity index (χ3n) is 3.54. The van der Waals surface area contributed by atoms with Crippen molar-refractivity contribution in [2.24, 2.45) is 0 Å². The number of nitrogens with zero attached hydrogens (tertiary/aromatic N) is 2. The summed E-state index contributed by atoms with van der Waals surface area (Å²) in [5.41, 5.74) is 1.08. The fourth-order valence-electron chi connectivity index (χ4n) is 2.33. The monoisotopic (exact) mass is 407 g/mol. The molecule has 3 aromatic rings. The van der Waals surface area contributed by atoms with Crippen molar-refractivity contribution in [1.29, 1.82) is 0 Å². The van der Waals surface area contributed by atoms with E-state index >= 15 is 0 Å². The van der Waals surface area contributed by atoms with E-state index in [1.54, 1.807) is 0 Å². The number of anilines is 1. The zero-order valence-corrected chi connectivity index (χ0v) is 15.2. The molecule has 5 nitrogen and oxygen atoms in total. The van der Waals surface area contributed by atoms with Gasteiger partial charge in [0.1, 0.15) is 11.6 Å². The normalized spacial score (nSPS) is 11.2. The summed E-state index contributed by atoms with van der Waals surface area (Å²) in [6.07, 6.45) is 1.50. The Kier molecular flexibility index (Phi) is 5.20. The molecule has 1 N–H and O–H groups in total. The number of pyridine rings is 2. The summed E-state index contributed by atoms with van der Waals surface area (Å²) >= 11 is 6.16. The van der Waals surface area contributed by atoms with Crippen LogP contribution in [0.25, 0.3) is 17.3 Å². The standard InChI is InChI=1S/C18H12ClF2N3O2S/c1-2-11-6-7-12(20)10-13(11)18-14(19)8-9-16(23-18)24-27(25,26)17-5-3-4-15(21)22-17/h2-10H,1H2,(H,23,24). The van der Waals surface area contributed by atoms with Crippen molar-refractivity contribution in [2.45, 2.75) is 5.03 Å². The van der Waals surface area contributed by atoms with E-state index in [-0.39, 0.29) is 16.5 Å². The Morgan fingerprint density at radius 3 is 2.56 bits per heavy atom. The molecule has 0 aliphatic carbocycles. The molecule has 0 saturated carbocycles. The molecule has 0 saturated heterocycles. The van der Waals surface area contributed by atoms with Gasteiger partial charge in [0, 0.05) is 5.56 Å². The van der Waals surface area contributed by atoms with Gasteiger partial charge in [-0.05, 0) is 42.0 Å². The predicted octanol–water partition coefficient (Wildman–Crippen LogP) is 4.52. The minimum absolute atomic E-state index is 0.0836. The van der Waals surface area contributed by atoms with Gasteiger partial charge in [0.2, 0.25) is 5.95 Å². The quantitative estimate of drug-likeness (QED) is 0.631. The van der Waals surface area contributed by atoms with Crippen molar-refractivity contribution in [2.75, 3.05) is 4.72 Å². The number of hydrogen-bond donors (Lipinski definition) is 1.